The minimum atomic E-state index is -0.267. The van der Waals surface area contributed by atoms with E-state index >= 15 is 0 Å². The quantitative estimate of drug-likeness (QED) is 0.701. The van der Waals surface area contributed by atoms with Gasteiger partial charge < -0.3 is 5.32 Å². The first-order chi connectivity index (χ1) is 11.2. The molecule has 0 spiro atoms. The Morgan fingerprint density at radius 2 is 1.78 bits per heavy atom. The van der Waals surface area contributed by atoms with Crippen LogP contribution >= 0.6 is 22.9 Å². The van der Waals surface area contributed by atoms with E-state index < -0.39 is 0 Å². The van der Waals surface area contributed by atoms with Crippen LogP contribution in [0.4, 0.5) is 5.69 Å². The summed E-state index contributed by atoms with van der Waals surface area (Å²) in [7, 11) is 0. The molecule has 3 nitrogen and oxygen atoms in total. The lowest BCUT2D eigenvalue weighted by Crippen LogP contribution is -2.12. The molecule has 3 rings (SSSR count). The predicted molar refractivity (Wildman–Crippen MR) is 93.9 cm³/mol. The highest BCUT2D eigenvalue weighted by atomic mass is 35.5. The van der Waals surface area contributed by atoms with Crippen LogP contribution in [0.25, 0.3) is 0 Å². The van der Waals surface area contributed by atoms with Gasteiger partial charge >= 0.3 is 0 Å². The summed E-state index contributed by atoms with van der Waals surface area (Å²) < 4.78 is 0. The molecule has 0 aliphatic rings. The smallest absolute Gasteiger partial charge is 0.275 e. The number of hydrogen-bond donors (Lipinski definition) is 1. The van der Waals surface area contributed by atoms with Crippen molar-refractivity contribution in [1.82, 2.24) is 4.98 Å². The van der Waals surface area contributed by atoms with Gasteiger partial charge in [-0.3, -0.25) is 4.79 Å². The monoisotopic (exact) mass is 338 g/mol. The normalized spacial score (nSPS) is 9.78. The number of nitrogens with zero attached hydrogens (tertiary/aromatic N) is 1. The van der Waals surface area contributed by atoms with E-state index in [0.29, 0.717) is 21.4 Å². The van der Waals surface area contributed by atoms with Crippen molar-refractivity contribution < 1.29 is 4.79 Å². The summed E-state index contributed by atoms with van der Waals surface area (Å²) >= 11 is 7.16. The molecule has 0 bridgehead atoms. The lowest BCUT2D eigenvalue weighted by atomic mass is 10.2. The summed E-state index contributed by atoms with van der Waals surface area (Å²) in [6.45, 7) is 0. The van der Waals surface area contributed by atoms with Crippen LogP contribution in [0, 0.1) is 11.8 Å². The molecule has 0 saturated heterocycles. The highest BCUT2D eigenvalue weighted by Gasteiger charge is 2.10. The average Bonchev–Trinajstić information content (AvgIpc) is 3.05. The summed E-state index contributed by atoms with van der Waals surface area (Å²) in [5.41, 5.74) is 1.93. The second-order valence-electron chi connectivity index (χ2n) is 4.61. The molecule has 0 aliphatic carbocycles. The number of halogens is 1. The first-order valence-electron chi connectivity index (χ1n) is 6.80. The largest absolute Gasteiger partial charge is 0.321 e. The third-order valence-corrected chi connectivity index (χ3v) is 3.94. The summed E-state index contributed by atoms with van der Waals surface area (Å²) in [6, 6.07) is 16.6. The van der Waals surface area contributed by atoms with Gasteiger partial charge in [0.15, 0.2) is 5.01 Å². The number of thiazole rings is 1. The number of carbonyl (C=O) groups excluding carboxylic acids is 1. The Labute approximate surface area is 143 Å². The molecular weight excluding hydrogens is 328 g/mol. The van der Waals surface area contributed by atoms with Crippen molar-refractivity contribution >= 4 is 34.5 Å². The number of anilines is 1. The van der Waals surface area contributed by atoms with E-state index in [1.807, 2.05) is 30.3 Å². The molecule has 112 valence electrons. The predicted octanol–water partition coefficient (Wildman–Crippen LogP) is 4.45. The van der Waals surface area contributed by atoms with Crippen LogP contribution in [0.15, 0.2) is 60.0 Å². The Bertz CT molecular complexity index is 877. The highest BCUT2D eigenvalue weighted by Crippen LogP contribution is 2.15. The fraction of sp³-hybridized carbons (Fsp3) is 0. The highest BCUT2D eigenvalue weighted by molar-refractivity contribution is 7.10. The zero-order valence-corrected chi connectivity index (χ0v) is 13.5. The fourth-order valence-electron chi connectivity index (χ4n) is 1.81. The van der Waals surface area contributed by atoms with Crippen molar-refractivity contribution in [2.75, 3.05) is 5.32 Å². The van der Waals surface area contributed by atoms with Gasteiger partial charge in [0.05, 0.1) is 0 Å². The van der Waals surface area contributed by atoms with Crippen LogP contribution in [-0.4, -0.2) is 10.9 Å². The van der Waals surface area contributed by atoms with Gasteiger partial charge in [0.25, 0.3) is 5.91 Å². The maximum Gasteiger partial charge on any atom is 0.275 e. The van der Waals surface area contributed by atoms with E-state index in [-0.39, 0.29) is 5.91 Å². The zero-order valence-electron chi connectivity index (χ0n) is 11.9. The molecule has 0 fully saturated rings. The zero-order chi connectivity index (χ0) is 16.1. The number of rotatable bonds is 2. The van der Waals surface area contributed by atoms with Gasteiger partial charge in [-0.15, -0.1) is 11.3 Å². The van der Waals surface area contributed by atoms with Gasteiger partial charge in [0, 0.05) is 21.7 Å². The van der Waals surface area contributed by atoms with Gasteiger partial charge in [-0.2, -0.15) is 0 Å². The third-order valence-electron chi connectivity index (χ3n) is 2.93. The molecule has 1 amide bonds. The molecule has 0 saturated carbocycles. The van der Waals surface area contributed by atoms with Gasteiger partial charge in [-0.25, -0.2) is 4.98 Å². The topological polar surface area (TPSA) is 42.0 Å². The van der Waals surface area contributed by atoms with E-state index in [1.165, 1.54) is 11.3 Å². The van der Waals surface area contributed by atoms with Crippen molar-refractivity contribution in [2.45, 2.75) is 0 Å². The Hall–Kier alpha value is -2.61. The van der Waals surface area contributed by atoms with Crippen LogP contribution in [0.5, 0.6) is 0 Å². The van der Waals surface area contributed by atoms with Crippen molar-refractivity contribution in [2.24, 2.45) is 0 Å². The summed E-state index contributed by atoms with van der Waals surface area (Å²) in [4.78, 5) is 16.4. The Morgan fingerprint density at radius 3 is 2.52 bits per heavy atom. The van der Waals surface area contributed by atoms with E-state index in [0.717, 1.165) is 5.56 Å². The van der Waals surface area contributed by atoms with Gasteiger partial charge in [0.1, 0.15) is 5.69 Å². The minimum absolute atomic E-state index is 0.267. The number of aromatic nitrogens is 1. The number of benzene rings is 2. The Morgan fingerprint density at radius 1 is 1.04 bits per heavy atom. The second kappa shape index (κ2) is 7.10. The molecule has 3 aromatic rings. The molecule has 1 aromatic heterocycles. The number of nitrogens with one attached hydrogen (secondary N) is 1. The molecule has 0 radical (unpaired) electrons. The molecule has 5 heteroatoms. The van der Waals surface area contributed by atoms with Crippen LogP contribution in [-0.2, 0) is 0 Å². The van der Waals surface area contributed by atoms with E-state index in [4.69, 9.17) is 11.6 Å². The fourth-order valence-corrected chi connectivity index (χ4v) is 2.58. The van der Waals surface area contributed by atoms with Gasteiger partial charge in [-0.1, -0.05) is 35.7 Å². The second-order valence-corrected chi connectivity index (χ2v) is 5.91. The first-order valence-corrected chi connectivity index (χ1v) is 8.06. The maximum atomic E-state index is 12.1. The standard InChI is InChI=1S/C18H11ClN2OS/c19-14-7-9-15(10-8-14)20-18(22)16-12-23-17(21-16)11-6-13-4-2-1-3-5-13/h1-5,7-10,12H,(H,20,22). The van der Waals surface area contributed by atoms with Crippen molar-refractivity contribution in [3.63, 3.8) is 0 Å². The number of carbonyl (C=O) groups is 1. The molecule has 0 unspecified atom stereocenters. The minimum Gasteiger partial charge on any atom is -0.321 e. The van der Waals surface area contributed by atoms with Gasteiger partial charge in [0.2, 0.25) is 0 Å². The molecule has 0 aliphatic heterocycles. The van der Waals surface area contributed by atoms with Crippen molar-refractivity contribution in [3.05, 3.63) is 81.3 Å². The summed E-state index contributed by atoms with van der Waals surface area (Å²) in [6.07, 6.45) is 0. The van der Waals surface area contributed by atoms with E-state index in [2.05, 4.69) is 22.1 Å². The SMILES string of the molecule is O=C(Nc1ccc(Cl)cc1)c1csc(C#Cc2ccccc2)n1. The lowest BCUT2D eigenvalue weighted by molar-refractivity contribution is 0.102. The van der Waals surface area contributed by atoms with Crippen molar-refractivity contribution in [1.29, 1.82) is 0 Å². The van der Waals surface area contributed by atoms with Crippen LogP contribution < -0.4 is 5.32 Å². The van der Waals surface area contributed by atoms with E-state index in [9.17, 15) is 4.79 Å². The van der Waals surface area contributed by atoms with Crippen LogP contribution in [0.2, 0.25) is 5.02 Å². The molecule has 2 aromatic carbocycles. The lowest BCUT2D eigenvalue weighted by Gasteiger charge is -2.02. The Kier molecular flexibility index (Phi) is 4.72. The van der Waals surface area contributed by atoms with Crippen molar-refractivity contribution in [3.8, 4) is 11.8 Å². The van der Waals surface area contributed by atoms with Crippen LogP contribution in [0.1, 0.15) is 21.1 Å². The summed E-state index contributed by atoms with van der Waals surface area (Å²) in [5, 5.41) is 5.69. The number of hydrogen-bond acceptors (Lipinski definition) is 3. The third kappa shape index (κ3) is 4.19. The van der Waals surface area contributed by atoms with E-state index in [1.54, 1.807) is 29.6 Å². The number of amides is 1. The molecule has 23 heavy (non-hydrogen) atoms. The molecule has 1 heterocycles. The Balaban J connectivity index is 1.70. The maximum absolute atomic E-state index is 12.1. The summed E-state index contributed by atoms with van der Waals surface area (Å²) in [5.74, 6) is 5.72. The molecular formula is C18H11ClN2OS. The first kappa shape index (κ1) is 15.3. The van der Waals surface area contributed by atoms with Gasteiger partial charge in [-0.05, 0) is 42.3 Å². The average molecular weight is 339 g/mol. The molecule has 0 atom stereocenters. The molecule has 1 N–H and O–H groups in total. The van der Waals surface area contributed by atoms with Crippen LogP contribution in [0.3, 0.4) is 0 Å².